The molecule has 0 saturated heterocycles. The highest BCUT2D eigenvalue weighted by atomic mass is 19.1. The number of Topliss-reactive ketones (excluding diaryl/α,β-unsaturated/α-hetero) is 1. The molecule has 21 heavy (non-hydrogen) atoms. The van der Waals surface area contributed by atoms with Crippen LogP contribution in [-0.4, -0.2) is 5.78 Å². The first-order valence-electron chi connectivity index (χ1n) is 7.92. The van der Waals surface area contributed by atoms with Crippen LogP contribution >= 0.6 is 0 Å². The zero-order valence-electron chi connectivity index (χ0n) is 13.1. The predicted octanol–water partition coefficient (Wildman–Crippen LogP) is 4.94. The molecule has 2 heteroatoms. The van der Waals surface area contributed by atoms with Gasteiger partial charge in [0.1, 0.15) is 5.82 Å². The maximum atomic E-state index is 13.5. The van der Waals surface area contributed by atoms with Crippen molar-refractivity contribution >= 4 is 5.78 Å². The van der Waals surface area contributed by atoms with E-state index in [-0.39, 0.29) is 23.1 Å². The van der Waals surface area contributed by atoms with Gasteiger partial charge in [-0.15, -0.1) is 0 Å². The van der Waals surface area contributed by atoms with Crippen molar-refractivity contribution in [2.24, 2.45) is 11.3 Å². The molecule has 1 nitrogen and oxygen atoms in total. The first-order valence-corrected chi connectivity index (χ1v) is 7.92. The van der Waals surface area contributed by atoms with E-state index in [4.69, 9.17) is 0 Å². The Labute approximate surface area is 126 Å². The van der Waals surface area contributed by atoms with E-state index in [1.165, 1.54) is 0 Å². The average Bonchev–Trinajstić information content (AvgIpc) is 2.73. The lowest BCUT2D eigenvalue weighted by molar-refractivity contribution is -0.121. The molecular formula is C19H23FO. The Morgan fingerprint density at radius 2 is 2.14 bits per heavy atom. The first kappa shape index (κ1) is 14.5. The van der Waals surface area contributed by atoms with E-state index in [1.54, 1.807) is 13.0 Å². The summed E-state index contributed by atoms with van der Waals surface area (Å²) in [5.74, 6) is 0.478. The smallest absolute Gasteiger partial charge is 0.162 e. The van der Waals surface area contributed by atoms with Crippen LogP contribution in [-0.2, 0) is 4.79 Å². The zero-order valence-corrected chi connectivity index (χ0v) is 13.1. The van der Waals surface area contributed by atoms with Gasteiger partial charge in [0.2, 0.25) is 0 Å². The van der Waals surface area contributed by atoms with Gasteiger partial charge in [0.15, 0.2) is 5.78 Å². The van der Waals surface area contributed by atoms with Crippen LogP contribution in [0, 0.1) is 24.1 Å². The van der Waals surface area contributed by atoms with Crippen LogP contribution in [0.15, 0.2) is 29.8 Å². The molecule has 0 aliphatic heterocycles. The van der Waals surface area contributed by atoms with Crippen molar-refractivity contribution in [3.63, 3.8) is 0 Å². The molecule has 112 valence electrons. The van der Waals surface area contributed by atoms with Crippen molar-refractivity contribution < 1.29 is 9.18 Å². The average molecular weight is 286 g/mol. The topological polar surface area (TPSA) is 17.1 Å². The SMILES string of the molecule is C/C=C1/C[C@@]2(C)CCC[C@H](c3ccc(F)c(C)c3)C2C1=O. The van der Waals surface area contributed by atoms with Crippen molar-refractivity contribution in [1.29, 1.82) is 0 Å². The number of carbonyl (C=O) groups excluding carboxylic acids is 1. The quantitative estimate of drug-likeness (QED) is 0.668. The summed E-state index contributed by atoms with van der Waals surface area (Å²) in [6.45, 7) is 6.02. The molecule has 0 bridgehead atoms. The summed E-state index contributed by atoms with van der Waals surface area (Å²) in [5, 5.41) is 0. The lowest BCUT2D eigenvalue weighted by Gasteiger charge is -2.40. The fraction of sp³-hybridized carbons (Fsp3) is 0.526. The summed E-state index contributed by atoms with van der Waals surface area (Å²) in [7, 11) is 0. The third-order valence-electron chi connectivity index (χ3n) is 5.57. The zero-order chi connectivity index (χ0) is 15.2. The summed E-state index contributed by atoms with van der Waals surface area (Å²) < 4.78 is 13.5. The van der Waals surface area contributed by atoms with Gasteiger partial charge in [0, 0.05) is 5.92 Å². The first-order chi connectivity index (χ1) is 9.96. The summed E-state index contributed by atoms with van der Waals surface area (Å²) in [6.07, 6.45) is 6.20. The second-order valence-electron chi connectivity index (χ2n) is 6.99. The molecule has 2 aliphatic rings. The van der Waals surface area contributed by atoms with Crippen LogP contribution in [0.1, 0.15) is 56.6 Å². The summed E-state index contributed by atoms with van der Waals surface area (Å²) in [6, 6.07) is 5.36. The monoisotopic (exact) mass is 286 g/mol. The highest BCUT2D eigenvalue weighted by Crippen LogP contribution is 2.57. The summed E-state index contributed by atoms with van der Waals surface area (Å²) in [5.41, 5.74) is 2.89. The van der Waals surface area contributed by atoms with E-state index >= 15 is 0 Å². The van der Waals surface area contributed by atoms with Crippen molar-refractivity contribution in [2.75, 3.05) is 0 Å². The Hall–Kier alpha value is -1.44. The number of allylic oxidation sites excluding steroid dienone is 2. The van der Waals surface area contributed by atoms with Gasteiger partial charge >= 0.3 is 0 Å². The van der Waals surface area contributed by atoms with Crippen molar-refractivity contribution in [1.82, 2.24) is 0 Å². The normalized spacial score (nSPS) is 34.3. The van der Waals surface area contributed by atoms with Crippen molar-refractivity contribution in [2.45, 2.75) is 52.4 Å². The minimum atomic E-state index is -0.163. The summed E-state index contributed by atoms with van der Waals surface area (Å²) in [4.78, 5) is 12.8. The molecule has 3 atom stereocenters. The molecule has 3 rings (SSSR count). The molecule has 0 N–H and O–H groups in total. The molecule has 1 aromatic carbocycles. The van der Waals surface area contributed by atoms with Gasteiger partial charge in [-0.25, -0.2) is 4.39 Å². The Bertz CT molecular complexity index is 616. The molecule has 0 radical (unpaired) electrons. The minimum absolute atomic E-state index is 0.0716. The Kier molecular flexibility index (Phi) is 3.51. The number of rotatable bonds is 1. The van der Waals surface area contributed by atoms with Gasteiger partial charge in [0.05, 0.1) is 0 Å². The Morgan fingerprint density at radius 1 is 1.38 bits per heavy atom. The van der Waals surface area contributed by atoms with E-state index < -0.39 is 0 Å². The number of hydrogen-bond acceptors (Lipinski definition) is 1. The number of halogens is 1. The number of carbonyl (C=O) groups is 1. The van der Waals surface area contributed by atoms with Crippen LogP contribution in [0.4, 0.5) is 4.39 Å². The van der Waals surface area contributed by atoms with Crippen LogP contribution in [0.5, 0.6) is 0 Å². The lowest BCUT2D eigenvalue weighted by atomic mass is 9.62. The number of hydrogen-bond donors (Lipinski definition) is 0. The van der Waals surface area contributed by atoms with E-state index in [0.29, 0.717) is 11.3 Å². The molecule has 2 saturated carbocycles. The molecule has 1 unspecified atom stereocenters. The van der Waals surface area contributed by atoms with Gasteiger partial charge < -0.3 is 0 Å². The number of benzene rings is 1. The molecule has 1 aromatic rings. The van der Waals surface area contributed by atoms with Crippen molar-refractivity contribution in [3.05, 3.63) is 46.8 Å². The molecule has 0 amide bonds. The minimum Gasteiger partial charge on any atom is -0.294 e. The van der Waals surface area contributed by atoms with Crippen LogP contribution in [0.25, 0.3) is 0 Å². The van der Waals surface area contributed by atoms with Gasteiger partial charge in [-0.2, -0.15) is 0 Å². The predicted molar refractivity (Wildman–Crippen MR) is 82.7 cm³/mol. The largest absolute Gasteiger partial charge is 0.294 e. The van der Waals surface area contributed by atoms with Gasteiger partial charge in [-0.1, -0.05) is 31.6 Å². The van der Waals surface area contributed by atoms with E-state index in [2.05, 4.69) is 6.92 Å². The van der Waals surface area contributed by atoms with Crippen LogP contribution in [0.3, 0.4) is 0 Å². The maximum absolute atomic E-state index is 13.5. The van der Waals surface area contributed by atoms with Gasteiger partial charge in [-0.05, 0) is 67.2 Å². The highest BCUT2D eigenvalue weighted by molar-refractivity contribution is 6.01. The second kappa shape index (κ2) is 5.08. The van der Waals surface area contributed by atoms with E-state index in [1.807, 2.05) is 25.1 Å². The molecule has 0 heterocycles. The fourth-order valence-corrected chi connectivity index (χ4v) is 4.46. The third kappa shape index (κ3) is 2.25. The maximum Gasteiger partial charge on any atom is 0.162 e. The fourth-order valence-electron chi connectivity index (χ4n) is 4.46. The molecule has 2 fully saturated rings. The Balaban J connectivity index is 2.02. The van der Waals surface area contributed by atoms with Gasteiger partial charge in [0.25, 0.3) is 0 Å². The second-order valence-corrected chi connectivity index (χ2v) is 6.99. The van der Waals surface area contributed by atoms with Gasteiger partial charge in [-0.3, -0.25) is 4.79 Å². The highest BCUT2D eigenvalue weighted by Gasteiger charge is 2.52. The molecule has 2 aliphatic carbocycles. The number of aryl methyl sites for hydroxylation is 1. The van der Waals surface area contributed by atoms with Crippen molar-refractivity contribution in [3.8, 4) is 0 Å². The summed E-state index contributed by atoms with van der Waals surface area (Å²) >= 11 is 0. The molecular weight excluding hydrogens is 263 g/mol. The molecule has 0 spiro atoms. The molecule has 0 aromatic heterocycles. The van der Waals surface area contributed by atoms with Crippen LogP contribution in [0.2, 0.25) is 0 Å². The Morgan fingerprint density at radius 3 is 2.81 bits per heavy atom. The number of fused-ring (bicyclic) bond motifs is 1. The third-order valence-corrected chi connectivity index (χ3v) is 5.57. The van der Waals surface area contributed by atoms with Crippen LogP contribution < -0.4 is 0 Å². The lowest BCUT2D eigenvalue weighted by Crippen LogP contribution is -2.35. The number of ketones is 1. The van der Waals surface area contributed by atoms with E-state index in [0.717, 1.165) is 36.8 Å². The van der Waals surface area contributed by atoms with E-state index in [9.17, 15) is 9.18 Å². The standard InChI is InChI=1S/C19H23FO/c1-4-13-11-19(3)9-5-6-15(17(19)18(13)21)14-7-8-16(20)12(2)10-14/h4,7-8,10,15,17H,5-6,9,11H2,1-3H3/b13-4-/t15-,17?,19-/m1/s1.